The minimum absolute atomic E-state index is 0.0569. The average Bonchev–Trinajstić information content (AvgIpc) is 2.37. The molecule has 0 spiro atoms. The summed E-state index contributed by atoms with van der Waals surface area (Å²) in [6.07, 6.45) is 0.873. The van der Waals surface area contributed by atoms with E-state index in [0.29, 0.717) is 6.54 Å². The van der Waals surface area contributed by atoms with Crippen molar-refractivity contribution in [3.63, 3.8) is 0 Å². The number of nitrogens with two attached hydrogens (primary N) is 1. The van der Waals surface area contributed by atoms with Gasteiger partial charge in [0.2, 0.25) is 10.0 Å². The summed E-state index contributed by atoms with van der Waals surface area (Å²) in [5.74, 6) is -1.38. The molecule has 5 nitrogen and oxygen atoms in total. The molecular formula is C14H21FN2O3S. The van der Waals surface area contributed by atoms with Gasteiger partial charge in [0.15, 0.2) is 0 Å². The second kappa shape index (κ2) is 6.11. The van der Waals surface area contributed by atoms with Crippen molar-refractivity contribution in [2.24, 2.45) is 10.6 Å². The molecule has 0 aliphatic heterocycles. The first-order valence-corrected chi connectivity index (χ1v) is 8.14. The van der Waals surface area contributed by atoms with Crippen LogP contribution in [0.4, 0.5) is 4.39 Å². The minimum atomic E-state index is -4.22. The Morgan fingerprint density at radius 2 is 1.95 bits per heavy atom. The van der Waals surface area contributed by atoms with Gasteiger partial charge in [0.1, 0.15) is 10.7 Å². The zero-order valence-corrected chi connectivity index (χ0v) is 13.5. The van der Waals surface area contributed by atoms with E-state index in [1.807, 2.05) is 20.8 Å². The monoisotopic (exact) mass is 316 g/mol. The highest BCUT2D eigenvalue weighted by Gasteiger charge is 2.21. The van der Waals surface area contributed by atoms with Crippen molar-refractivity contribution in [2.45, 2.75) is 39.0 Å². The topological polar surface area (TPSA) is 89.3 Å². The molecule has 0 fully saturated rings. The van der Waals surface area contributed by atoms with Crippen LogP contribution in [0.15, 0.2) is 17.0 Å². The molecule has 118 valence electrons. The van der Waals surface area contributed by atoms with E-state index in [4.69, 9.17) is 5.14 Å². The Bertz CT molecular complexity index is 654. The SMILES string of the molecule is CCC(C)(C)CNC(=O)c1cc(C)c(F)c(S(N)(=O)=O)c1. The molecule has 1 amide bonds. The number of benzene rings is 1. The molecule has 1 rings (SSSR count). The maximum Gasteiger partial charge on any atom is 0.251 e. The number of amides is 1. The molecule has 0 aliphatic carbocycles. The Balaban J connectivity index is 3.10. The van der Waals surface area contributed by atoms with Gasteiger partial charge in [-0.05, 0) is 36.5 Å². The van der Waals surface area contributed by atoms with E-state index in [1.165, 1.54) is 13.0 Å². The van der Waals surface area contributed by atoms with Crippen LogP contribution in [0.2, 0.25) is 0 Å². The Morgan fingerprint density at radius 3 is 2.43 bits per heavy atom. The zero-order chi connectivity index (χ0) is 16.4. The number of carbonyl (C=O) groups excluding carboxylic acids is 1. The largest absolute Gasteiger partial charge is 0.352 e. The highest BCUT2D eigenvalue weighted by molar-refractivity contribution is 7.89. The van der Waals surface area contributed by atoms with E-state index in [0.717, 1.165) is 12.5 Å². The molecule has 3 N–H and O–H groups in total. The van der Waals surface area contributed by atoms with Crippen molar-refractivity contribution in [1.29, 1.82) is 0 Å². The normalized spacial score (nSPS) is 12.3. The van der Waals surface area contributed by atoms with E-state index >= 15 is 0 Å². The van der Waals surface area contributed by atoms with Gasteiger partial charge in [-0.1, -0.05) is 20.8 Å². The molecule has 0 heterocycles. The smallest absolute Gasteiger partial charge is 0.251 e. The molecule has 1 aromatic carbocycles. The molecule has 0 atom stereocenters. The Hall–Kier alpha value is -1.47. The third-order valence-electron chi connectivity index (χ3n) is 3.47. The molecule has 1 aromatic rings. The molecule has 21 heavy (non-hydrogen) atoms. The second-order valence-electron chi connectivity index (χ2n) is 5.85. The lowest BCUT2D eigenvalue weighted by atomic mass is 9.90. The lowest BCUT2D eigenvalue weighted by molar-refractivity contribution is 0.0935. The summed E-state index contributed by atoms with van der Waals surface area (Å²) >= 11 is 0. The molecule has 0 saturated heterocycles. The number of primary sulfonamides is 1. The van der Waals surface area contributed by atoms with Crippen LogP contribution < -0.4 is 10.5 Å². The summed E-state index contributed by atoms with van der Waals surface area (Å²) < 4.78 is 36.5. The fourth-order valence-electron chi connectivity index (χ4n) is 1.62. The third-order valence-corrected chi connectivity index (χ3v) is 4.38. The van der Waals surface area contributed by atoms with Crippen LogP contribution in [0, 0.1) is 18.2 Å². The van der Waals surface area contributed by atoms with Crippen LogP contribution in [0.5, 0.6) is 0 Å². The summed E-state index contributed by atoms with van der Waals surface area (Å²) in [6.45, 7) is 7.82. The van der Waals surface area contributed by atoms with Gasteiger partial charge in [-0.3, -0.25) is 4.79 Å². The van der Waals surface area contributed by atoms with Crippen molar-refractivity contribution in [1.82, 2.24) is 5.32 Å². The molecule has 0 radical (unpaired) electrons. The number of halogens is 1. The number of aryl methyl sites for hydroxylation is 1. The number of carbonyl (C=O) groups is 1. The lowest BCUT2D eigenvalue weighted by Crippen LogP contribution is -2.33. The summed E-state index contributed by atoms with van der Waals surface area (Å²) in [7, 11) is -4.22. The summed E-state index contributed by atoms with van der Waals surface area (Å²) in [5.41, 5.74) is 0.0549. The maximum atomic E-state index is 13.8. The highest BCUT2D eigenvalue weighted by Crippen LogP contribution is 2.21. The van der Waals surface area contributed by atoms with Crippen LogP contribution in [0.25, 0.3) is 0 Å². The number of nitrogens with one attached hydrogen (secondary N) is 1. The average molecular weight is 316 g/mol. The van der Waals surface area contributed by atoms with E-state index in [9.17, 15) is 17.6 Å². The predicted octanol–water partition coefficient (Wildman–Crippen LogP) is 1.95. The van der Waals surface area contributed by atoms with E-state index in [1.54, 1.807) is 0 Å². The van der Waals surface area contributed by atoms with Gasteiger partial charge in [0.05, 0.1) is 0 Å². The van der Waals surface area contributed by atoms with Gasteiger partial charge < -0.3 is 5.32 Å². The summed E-state index contributed by atoms with van der Waals surface area (Å²) in [6, 6.07) is 2.27. The summed E-state index contributed by atoms with van der Waals surface area (Å²) in [5, 5.41) is 7.68. The Labute approximate surface area is 124 Å². The predicted molar refractivity (Wildman–Crippen MR) is 78.9 cm³/mol. The van der Waals surface area contributed by atoms with E-state index in [2.05, 4.69) is 5.32 Å². The van der Waals surface area contributed by atoms with E-state index < -0.39 is 26.6 Å². The van der Waals surface area contributed by atoms with Crippen molar-refractivity contribution >= 4 is 15.9 Å². The highest BCUT2D eigenvalue weighted by atomic mass is 32.2. The van der Waals surface area contributed by atoms with Crippen LogP contribution >= 0.6 is 0 Å². The minimum Gasteiger partial charge on any atom is -0.352 e. The fourth-order valence-corrected chi connectivity index (χ4v) is 2.32. The molecular weight excluding hydrogens is 295 g/mol. The second-order valence-corrected chi connectivity index (χ2v) is 7.38. The number of hydrogen-bond donors (Lipinski definition) is 2. The molecule has 0 bridgehead atoms. The first-order valence-electron chi connectivity index (χ1n) is 6.59. The van der Waals surface area contributed by atoms with Crippen molar-refractivity contribution in [3.05, 3.63) is 29.1 Å². The molecule has 7 heteroatoms. The third kappa shape index (κ3) is 4.50. The van der Waals surface area contributed by atoms with Crippen molar-refractivity contribution < 1.29 is 17.6 Å². The number of rotatable bonds is 5. The molecule has 0 aromatic heterocycles. The van der Waals surface area contributed by atoms with Crippen molar-refractivity contribution in [2.75, 3.05) is 6.54 Å². The van der Waals surface area contributed by atoms with Crippen LogP contribution in [-0.2, 0) is 10.0 Å². The van der Waals surface area contributed by atoms with Gasteiger partial charge in [-0.2, -0.15) is 0 Å². The van der Waals surface area contributed by atoms with Crippen LogP contribution in [0.3, 0.4) is 0 Å². The zero-order valence-electron chi connectivity index (χ0n) is 12.7. The molecule has 0 aliphatic rings. The lowest BCUT2D eigenvalue weighted by Gasteiger charge is -2.23. The van der Waals surface area contributed by atoms with E-state index in [-0.39, 0.29) is 16.5 Å². The van der Waals surface area contributed by atoms with Gasteiger partial charge in [-0.25, -0.2) is 17.9 Å². The van der Waals surface area contributed by atoms with Gasteiger partial charge >= 0.3 is 0 Å². The standard InChI is InChI=1S/C14H21FN2O3S/c1-5-14(3,4)8-17-13(18)10-6-9(2)12(15)11(7-10)21(16,19)20/h6-7H,5,8H2,1-4H3,(H,17,18)(H2,16,19,20). The Morgan fingerprint density at radius 1 is 1.38 bits per heavy atom. The van der Waals surface area contributed by atoms with Gasteiger partial charge in [0, 0.05) is 12.1 Å². The fraction of sp³-hybridized carbons (Fsp3) is 0.500. The van der Waals surface area contributed by atoms with Crippen molar-refractivity contribution in [3.8, 4) is 0 Å². The summed E-state index contributed by atoms with van der Waals surface area (Å²) in [4.78, 5) is 11.4. The molecule has 0 saturated carbocycles. The Kier molecular flexibility index (Phi) is 5.11. The van der Waals surface area contributed by atoms with Crippen LogP contribution in [-0.4, -0.2) is 20.9 Å². The van der Waals surface area contributed by atoms with Gasteiger partial charge in [-0.15, -0.1) is 0 Å². The number of sulfonamides is 1. The van der Waals surface area contributed by atoms with Crippen LogP contribution in [0.1, 0.15) is 43.1 Å². The first-order chi connectivity index (χ1) is 9.48. The quantitative estimate of drug-likeness (QED) is 0.870. The van der Waals surface area contributed by atoms with Gasteiger partial charge in [0.25, 0.3) is 5.91 Å². The first kappa shape index (κ1) is 17.6. The molecule has 0 unspecified atom stereocenters. The number of hydrogen-bond acceptors (Lipinski definition) is 3. The maximum absolute atomic E-state index is 13.8.